The molecule has 0 saturated heterocycles. The topological polar surface area (TPSA) is 49.3 Å². The van der Waals surface area contributed by atoms with Gasteiger partial charge in [0, 0.05) is 6.42 Å². The SMILES string of the molecule is CC(CC(=O)NCC(C)(O)c1ccccc1)c1ccccc1. The number of carbonyl (C=O) groups excluding carboxylic acids is 1. The first-order chi connectivity index (χ1) is 10.5. The monoisotopic (exact) mass is 297 g/mol. The molecule has 2 aromatic carbocycles. The Labute approximate surface area is 132 Å². The van der Waals surface area contributed by atoms with Crippen LogP contribution < -0.4 is 5.32 Å². The molecule has 0 aliphatic rings. The fourth-order valence-corrected chi connectivity index (χ4v) is 2.42. The fraction of sp³-hybridized carbons (Fsp3) is 0.316. The van der Waals surface area contributed by atoms with Gasteiger partial charge in [0.15, 0.2) is 0 Å². The van der Waals surface area contributed by atoms with Gasteiger partial charge in [0.05, 0.1) is 6.54 Å². The lowest BCUT2D eigenvalue weighted by molar-refractivity contribution is -0.122. The van der Waals surface area contributed by atoms with E-state index < -0.39 is 5.60 Å². The van der Waals surface area contributed by atoms with Crippen molar-refractivity contribution in [3.63, 3.8) is 0 Å². The van der Waals surface area contributed by atoms with Crippen LogP contribution in [0.2, 0.25) is 0 Å². The van der Waals surface area contributed by atoms with Gasteiger partial charge in [0.1, 0.15) is 5.60 Å². The largest absolute Gasteiger partial charge is 0.384 e. The molecule has 116 valence electrons. The van der Waals surface area contributed by atoms with Crippen LogP contribution in [0.1, 0.15) is 37.3 Å². The fourth-order valence-electron chi connectivity index (χ4n) is 2.42. The average Bonchev–Trinajstić information content (AvgIpc) is 2.55. The van der Waals surface area contributed by atoms with E-state index in [1.54, 1.807) is 6.92 Å². The van der Waals surface area contributed by atoms with Crippen molar-refractivity contribution in [1.82, 2.24) is 5.32 Å². The second-order valence-corrected chi connectivity index (χ2v) is 5.93. The molecule has 2 N–H and O–H groups in total. The molecule has 2 unspecified atom stereocenters. The lowest BCUT2D eigenvalue weighted by Gasteiger charge is -2.24. The van der Waals surface area contributed by atoms with E-state index in [4.69, 9.17) is 0 Å². The van der Waals surface area contributed by atoms with E-state index >= 15 is 0 Å². The highest BCUT2D eigenvalue weighted by molar-refractivity contribution is 5.76. The molecule has 2 aromatic rings. The molecule has 0 saturated carbocycles. The van der Waals surface area contributed by atoms with Crippen molar-refractivity contribution < 1.29 is 9.90 Å². The Bertz CT molecular complexity index is 593. The molecular weight excluding hydrogens is 274 g/mol. The van der Waals surface area contributed by atoms with E-state index in [1.807, 2.05) is 67.6 Å². The second-order valence-electron chi connectivity index (χ2n) is 5.93. The van der Waals surface area contributed by atoms with Gasteiger partial charge in [-0.15, -0.1) is 0 Å². The van der Waals surface area contributed by atoms with Gasteiger partial charge in [-0.1, -0.05) is 67.6 Å². The number of hydrogen-bond acceptors (Lipinski definition) is 2. The van der Waals surface area contributed by atoms with Gasteiger partial charge in [-0.2, -0.15) is 0 Å². The summed E-state index contributed by atoms with van der Waals surface area (Å²) in [4.78, 5) is 12.1. The molecular formula is C19H23NO2. The van der Waals surface area contributed by atoms with Gasteiger partial charge in [-0.25, -0.2) is 0 Å². The summed E-state index contributed by atoms with van der Waals surface area (Å²) in [5.74, 6) is 0.107. The van der Waals surface area contributed by atoms with Crippen molar-refractivity contribution in [3.8, 4) is 0 Å². The molecule has 0 aliphatic heterocycles. The van der Waals surface area contributed by atoms with E-state index in [2.05, 4.69) is 5.32 Å². The molecule has 1 amide bonds. The number of amides is 1. The zero-order valence-corrected chi connectivity index (χ0v) is 13.1. The van der Waals surface area contributed by atoms with Crippen LogP contribution in [0.4, 0.5) is 0 Å². The standard InChI is InChI=1S/C19H23NO2/c1-15(16-9-5-3-6-10-16)13-18(21)20-14-19(2,22)17-11-7-4-8-12-17/h3-12,15,22H,13-14H2,1-2H3,(H,20,21). The van der Waals surface area contributed by atoms with Crippen LogP contribution in [0.5, 0.6) is 0 Å². The van der Waals surface area contributed by atoms with Gasteiger partial charge in [0.2, 0.25) is 5.91 Å². The third-order valence-corrected chi connectivity index (χ3v) is 3.89. The highest BCUT2D eigenvalue weighted by Gasteiger charge is 2.23. The van der Waals surface area contributed by atoms with Crippen molar-refractivity contribution in [2.24, 2.45) is 0 Å². The van der Waals surface area contributed by atoms with E-state index in [0.717, 1.165) is 11.1 Å². The Morgan fingerprint density at radius 2 is 1.64 bits per heavy atom. The van der Waals surface area contributed by atoms with E-state index in [1.165, 1.54) is 0 Å². The van der Waals surface area contributed by atoms with Gasteiger partial charge in [-0.05, 0) is 24.0 Å². The van der Waals surface area contributed by atoms with Crippen molar-refractivity contribution >= 4 is 5.91 Å². The first kappa shape index (κ1) is 16.2. The molecule has 0 aliphatic carbocycles. The van der Waals surface area contributed by atoms with E-state index in [9.17, 15) is 9.90 Å². The molecule has 0 radical (unpaired) electrons. The smallest absolute Gasteiger partial charge is 0.220 e. The number of aliphatic hydroxyl groups is 1. The number of nitrogens with one attached hydrogen (secondary N) is 1. The Balaban J connectivity index is 1.88. The molecule has 3 nitrogen and oxygen atoms in total. The first-order valence-electron chi connectivity index (χ1n) is 7.58. The minimum absolute atomic E-state index is 0.0486. The average molecular weight is 297 g/mol. The van der Waals surface area contributed by atoms with Crippen LogP contribution in [0.15, 0.2) is 60.7 Å². The predicted octanol–water partition coefficient (Wildman–Crippen LogP) is 3.20. The highest BCUT2D eigenvalue weighted by atomic mass is 16.3. The molecule has 2 atom stereocenters. The third kappa shape index (κ3) is 4.43. The second kappa shape index (κ2) is 7.23. The van der Waals surface area contributed by atoms with Crippen LogP contribution >= 0.6 is 0 Å². The number of rotatable bonds is 6. The normalized spacial score (nSPS) is 14.9. The summed E-state index contributed by atoms with van der Waals surface area (Å²) in [7, 11) is 0. The summed E-state index contributed by atoms with van der Waals surface area (Å²) in [6, 6.07) is 19.3. The molecule has 0 aromatic heterocycles. The Morgan fingerprint density at radius 1 is 1.09 bits per heavy atom. The zero-order chi connectivity index (χ0) is 16.0. The summed E-state index contributed by atoms with van der Waals surface area (Å²) in [6.07, 6.45) is 0.412. The summed E-state index contributed by atoms with van der Waals surface area (Å²) in [6.45, 7) is 3.95. The molecule has 3 heteroatoms. The van der Waals surface area contributed by atoms with Crippen LogP contribution in [0.3, 0.4) is 0 Å². The van der Waals surface area contributed by atoms with Crippen LogP contribution in [-0.4, -0.2) is 17.6 Å². The third-order valence-electron chi connectivity index (χ3n) is 3.89. The summed E-state index contributed by atoms with van der Waals surface area (Å²) in [5.41, 5.74) is 0.881. The molecule has 2 rings (SSSR count). The maximum Gasteiger partial charge on any atom is 0.220 e. The van der Waals surface area contributed by atoms with Crippen LogP contribution in [0.25, 0.3) is 0 Å². The van der Waals surface area contributed by atoms with Gasteiger partial charge in [-0.3, -0.25) is 4.79 Å². The maximum atomic E-state index is 12.1. The van der Waals surface area contributed by atoms with Gasteiger partial charge >= 0.3 is 0 Å². The quantitative estimate of drug-likeness (QED) is 0.860. The molecule has 0 spiro atoms. The van der Waals surface area contributed by atoms with E-state index in [0.29, 0.717) is 6.42 Å². The summed E-state index contributed by atoms with van der Waals surface area (Å²) in [5, 5.41) is 13.3. The van der Waals surface area contributed by atoms with Crippen LogP contribution in [-0.2, 0) is 10.4 Å². The molecule has 0 bridgehead atoms. The molecule has 0 fully saturated rings. The number of carbonyl (C=O) groups is 1. The minimum Gasteiger partial charge on any atom is -0.384 e. The molecule has 22 heavy (non-hydrogen) atoms. The Morgan fingerprint density at radius 3 is 2.23 bits per heavy atom. The Hall–Kier alpha value is -2.13. The van der Waals surface area contributed by atoms with Gasteiger partial charge in [0.25, 0.3) is 0 Å². The maximum absolute atomic E-state index is 12.1. The number of hydrogen-bond donors (Lipinski definition) is 2. The Kier molecular flexibility index (Phi) is 5.34. The zero-order valence-electron chi connectivity index (χ0n) is 13.1. The van der Waals surface area contributed by atoms with Gasteiger partial charge < -0.3 is 10.4 Å². The number of benzene rings is 2. The van der Waals surface area contributed by atoms with Crippen molar-refractivity contribution in [2.75, 3.05) is 6.54 Å². The summed E-state index contributed by atoms with van der Waals surface area (Å²) >= 11 is 0. The predicted molar refractivity (Wildman–Crippen MR) is 88.5 cm³/mol. The highest BCUT2D eigenvalue weighted by Crippen LogP contribution is 2.20. The lowest BCUT2D eigenvalue weighted by Crippen LogP contribution is -2.38. The summed E-state index contributed by atoms with van der Waals surface area (Å²) < 4.78 is 0. The lowest BCUT2D eigenvalue weighted by atomic mass is 9.95. The van der Waals surface area contributed by atoms with Crippen molar-refractivity contribution in [1.29, 1.82) is 0 Å². The first-order valence-corrected chi connectivity index (χ1v) is 7.58. The minimum atomic E-state index is -1.06. The van der Waals surface area contributed by atoms with E-state index in [-0.39, 0.29) is 18.4 Å². The molecule has 0 heterocycles. The van der Waals surface area contributed by atoms with Crippen molar-refractivity contribution in [2.45, 2.75) is 31.8 Å². The van der Waals surface area contributed by atoms with Crippen molar-refractivity contribution in [3.05, 3.63) is 71.8 Å². The van der Waals surface area contributed by atoms with Crippen LogP contribution in [0, 0.1) is 0 Å².